The first-order valence-corrected chi connectivity index (χ1v) is 13.8. The number of thiazole rings is 1. The second-order valence-electron chi connectivity index (χ2n) is 7.19. The number of nitrogens with zero attached hydrogens (tertiary/aromatic N) is 2. The molecule has 1 heterocycles. The molecule has 0 aliphatic carbocycles. The van der Waals surface area contributed by atoms with Gasteiger partial charge in [-0.25, -0.2) is 4.98 Å². The molecule has 8 nitrogen and oxygen atoms in total. The maximum absolute atomic E-state index is 12.3. The van der Waals surface area contributed by atoms with E-state index >= 15 is 0 Å². The molecule has 2 atom stereocenters. The van der Waals surface area contributed by atoms with Gasteiger partial charge in [0.2, 0.25) is 11.8 Å². The van der Waals surface area contributed by atoms with E-state index < -0.39 is 6.04 Å². The van der Waals surface area contributed by atoms with Crippen molar-refractivity contribution in [3.63, 3.8) is 0 Å². The minimum absolute atomic E-state index is 0.0121. The summed E-state index contributed by atoms with van der Waals surface area (Å²) < 4.78 is 0. The Bertz CT molecular complexity index is 854. The zero-order chi connectivity index (χ0) is 24.6. The summed E-state index contributed by atoms with van der Waals surface area (Å²) in [7, 11) is 0. The quantitative estimate of drug-likeness (QED) is 0.122. The highest BCUT2D eigenvalue weighted by Gasteiger charge is 2.16. The summed E-state index contributed by atoms with van der Waals surface area (Å²) >= 11 is 4.05. The predicted octanol–water partition coefficient (Wildman–Crippen LogP) is 3.25. The van der Waals surface area contributed by atoms with Crippen molar-refractivity contribution in [1.29, 1.82) is 0 Å². The normalized spacial score (nSPS) is 13.5. The molecule has 0 unspecified atom stereocenters. The summed E-state index contributed by atoms with van der Waals surface area (Å²) in [5.41, 5.74) is 1.50. The van der Waals surface area contributed by atoms with Gasteiger partial charge < -0.3 is 10.6 Å². The van der Waals surface area contributed by atoms with Gasteiger partial charge in [0.15, 0.2) is 5.62 Å². The van der Waals surface area contributed by atoms with Crippen LogP contribution in [0.2, 0.25) is 0 Å². The second-order valence-corrected chi connectivity index (χ2v) is 9.87. The van der Waals surface area contributed by atoms with Crippen LogP contribution in [0.5, 0.6) is 0 Å². The Morgan fingerprint density at radius 1 is 1.30 bits per heavy atom. The monoisotopic (exact) mass is 512 g/mol. The van der Waals surface area contributed by atoms with Crippen LogP contribution in [0.25, 0.3) is 0 Å². The fourth-order valence-corrected chi connectivity index (χ4v) is 4.35. The number of rotatable bonds is 15. The number of carbonyl (C=O) groups is 4. The summed E-state index contributed by atoms with van der Waals surface area (Å²) in [4.78, 5) is 54.7. The van der Waals surface area contributed by atoms with E-state index in [1.165, 1.54) is 41.8 Å². The molecule has 0 spiro atoms. The molecular formula is C22H32N4O4S3. The van der Waals surface area contributed by atoms with Crippen LogP contribution < -0.4 is 10.6 Å². The summed E-state index contributed by atoms with van der Waals surface area (Å²) in [6.45, 7) is 5.43. The fraction of sp³-hybridized carbons (Fsp3) is 0.545. The third-order valence-corrected chi connectivity index (χ3v) is 6.61. The summed E-state index contributed by atoms with van der Waals surface area (Å²) in [5, 5.41) is 8.70. The number of amides is 2. The number of aliphatic imine (C=N–C) groups is 1. The van der Waals surface area contributed by atoms with Gasteiger partial charge >= 0.3 is 0 Å². The molecule has 1 rings (SSSR count). The van der Waals surface area contributed by atoms with Crippen molar-refractivity contribution < 1.29 is 19.2 Å². The van der Waals surface area contributed by atoms with Crippen molar-refractivity contribution in [2.24, 2.45) is 10.9 Å². The van der Waals surface area contributed by atoms with Gasteiger partial charge in [-0.2, -0.15) is 0 Å². The molecule has 0 fully saturated rings. The SMILES string of the molecule is CC[C@H](/C=C/CCSC=O)CC(=O)NCc1nc(C(=N[C@H](C)C(=O)NCC(C)=O)SC)cs1. The maximum Gasteiger partial charge on any atom is 0.244 e. The molecule has 0 saturated heterocycles. The van der Waals surface area contributed by atoms with Gasteiger partial charge in [0.1, 0.15) is 27.6 Å². The molecule has 0 aliphatic heterocycles. The lowest BCUT2D eigenvalue weighted by molar-refractivity contribution is -0.125. The molecule has 0 aromatic carbocycles. The Hall–Kier alpha value is -1.98. The third kappa shape index (κ3) is 12.2. The lowest BCUT2D eigenvalue weighted by Crippen LogP contribution is -2.35. The van der Waals surface area contributed by atoms with Gasteiger partial charge in [-0.3, -0.25) is 24.2 Å². The lowest BCUT2D eigenvalue weighted by atomic mass is 10.0. The van der Waals surface area contributed by atoms with E-state index in [-0.39, 0.29) is 30.1 Å². The number of thioether (sulfide) groups is 2. The molecule has 0 bridgehead atoms. The lowest BCUT2D eigenvalue weighted by Gasteiger charge is -2.10. The van der Waals surface area contributed by atoms with E-state index in [4.69, 9.17) is 0 Å². The summed E-state index contributed by atoms with van der Waals surface area (Å²) in [6, 6.07) is -0.646. The number of Topliss-reactive ketones (excluding diaryl/α,β-unsaturated/α-hetero) is 1. The predicted molar refractivity (Wildman–Crippen MR) is 139 cm³/mol. The van der Waals surface area contributed by atoms with Crippen LogP contribution in [0, 0.1) is 5.92 Å². The molecule has 1 aromatic rings. The van der Waals surface area contributed by atoms with Crippen molar-refractivity contribution >= 4 is 63.1 Å². The largest absolute Gasteiger partial charge is 0.350 e. The highest BCUT2D eigenvalue weighted by atomic mass is 32.2. The fourth-order valence-electron chi connectivity index (χ4n) is 2.61. The number of carbonyl (C=O) groups excluding carboxylic acids is 4. The number of nitrogens with one attached hydrogen (secondary N) is 2. The molecule has 0 radical (unpaired) electrons. The van der Waals surface area contributed by atoms with Crippen molar-refractivity contribution in [2.45, 2.75) is 52.6 Å². The van der Waals surface area contributed by atoms with Crippen LogP contribution >= 0.6 is 34.9 Å². The average molecular weight is 513 g/mol. The number of hydrogen-bond donors (Lipinski definition) is 2. The maximum atomic E-state index is 12.3. The van der Waals surface area contributed by atoms with E-state index in [1.54, 1.807) is 6.92 Å². The van der Waals surface area contributed by atoms with Crippen molar-refractivity contribution in [3.05, 3.63) is 28.2 Å². The van der Waals surface area contributed by atoms with E-state index in [1.807, 2.05) is 30.7 Å². The molecular weight excluding hydrogens is 480 g/mol. The van der Waals surface area contributed by atoms with Gasteiger partial charge in [0.25, 0.3) is 0 Å². The van der Waals surface area contributed by atoms with Gasteiger partial charge in [0.05, 0.1) is 13.1 Å². The number of aromatic nitrogens is 1. The highest BCUT2D eigenvalue weighted by Crippen LogP contribution is 2.17. The first kappa shape index (κ1) is 29.1. The van der Waals surface area contributed by atoms with Crippen LogP contribution in [-0.4, -0.2) is 57.8 Å². The average Bonchev–Trinajstić information content (AvgIpc) is 3.27. The van der Waals surface area contributed by atoms with Crippen molar-refractivity contribution in [3.8, 4) is 0 Å². The molecule has 182 valence electrons. The van der Waals surface area contributed by atoms with E-state index in [0.717, 1.165) is 29.2 Å². The van der Waals surface area contributed by atoms with Crippen LogP contribution in [0.3, 0.4) is 0 Å². The Kier molecular flexibility index (Phi) is 14.6. The Morgan fingerprint density at radius 2 is 2.06 bits per heavy atom. The summed E-state index contributed by atoms with van der Waals surface area (Å²) in [5.74, 6) is 0.425. The van der Waals surface area contributed by atoms with Gasteiger partial charge in [-0.1, -0.05) is 30.8 Å². The first-order chi connectivity index (χ1) is 15.8. The zero-order valence-electron chi connectivity index (χ0n) is 19.5. The highest BCUT2D eigenvalue weighted by molar-refractivity contribution is 8.13. The second kappa shape index (κ2) is 16.6. The Balaban J connectivity index is 2.60. The van der Waals surface area contributed by atoms with Gasteiger partial charge in [-0.05, 0) is 38.9 Å². The third-order valence-electron chi connectivity index (χ3n) is 4.45. The van der Waals surface area contributed by atoms with Crippen LogP contribution in [-0.2, 0) is 25.7 Å². The van der Waals surface area contributed by atoms with Gasteiger partial charge in [-0.15, -0.1) is 23.1 Å². The topological polar surface area (TPSA) is 118 Å². The zero-order valence-corrected chi connectivity index (χ0v) is 21.9. The van der Waals surface area contributed by atoms with E-state index in [0.29, 0.717) is 23.7 Å². The van der Waals surface area contributed by atoms with Crippen LogP contribution in [0.4, 0.5) is 0 Å². The first-order valence-electron chi connectivity index (χ1n) is 10.6. The number of hydrogen-bond acceptors (Lipinski definition) is 9. The van der Waals surface area contributed by atoms with Crippen LogP contribution in [0.15, 0.2) is 22.5 Å². The van der Waals surface area contributed by atoms with Gasteiger partial charge in [0, 0.05) is 17.6 Å². The minimum Gasteiger partial charge on any atom is -0.350 e. The Labute approximate surface area is 207 Å². The molecule has 0 saturated carbocycles. The minimum atomic E-state index is -0.646. The van der Waals surface area contributed by atoms with Crippen molar-refractivity contribution in [1.82, 2.24) is 15.6 Å². The van der Waals surface area contributed by atoms with E-state index in [9.17, 15) is 19.2 Å². The van der Waals surface area contributed by atoms with Crippen LogP contribution in [0.1, 0.15) is 50.7 Å². The molecule has 1 aromatic heterocycles. The van der Waals surface area contributed by atoms with E-state index in [2.05, 4.69) is 20.6 Å². The molecule has 0 aliphatic rings. The summed E-state index contributed by atoms with van der Waals surface area (Å²) in [6.07, 6.45) is 7.99. The van der Waals surface area contributed by atoms with Crippen molar-refractivity contribution in [2.75, 3.05) is 18.6 Å². The smallest absolute Gasteiger partial charge is 0.244 e. The molecule has 33 heavy (non-hydrogen) atoms. The molecule has 2 amide bonds. The standard InChI is InChI=1S/C22H32N4O4S3/c1-5-17(8-6-7-9-32-14-27)10-19(29)23-12-20-26-18(13-33-20)22(31-4)25-16(3)21(30)24-11-15(2)28/h6,8,13-14,16-17H,5,7,9-12H2,1-4H3,(H,23,29)(H,24,30)/b8-6+,25-22?/t16-,17-/m1/s1. The molecule has 11 heteroatoms. The number of allylic oxidation sites excluding steroid dienone is 2. The number of ketones is 1. The molecule has 2 N–H and O–H groups in total. The Morgan fingerprint density at radius 3 is 2.70 bits per heavy atom.